The van der Waals surface area contributed by atoms with Crippen LogP contribution in [0.25, 0.3) is 11.3 Å². The Hall–Kier alpha value is -3.98. The third-order valence-corrected chi connectivity index (χ3v) is 7.47. The van der Waals surface area contributed by atoms with Crippen LogP contribution >= 0.6 is 0 Å². The minimum atomic E-state index is -0.799. The van der Waals surface area contributed by atoms with Crippen LogP contribution in [0, 0.1) is 5.92 Å². The van der Waals surface area contributed by atoms with Gasteiger partial charge >= 0.3 is 0 Å². The minimum absolute atomic E-state index is 0.0640. The van der Waals surface area contributed by atoms with Gasteiger partial charge in [-0.25, -0.2) is 4.98 Å². The van der Waals surface area contributed by atoms with E-state index in [-0.39, 0.29) is 36.6 Å². The highest BCUT2D eigenvalue weighted by Gasteiger charge is 2.45. The Morgan fingerprint density at radius 1 is 1.13 bits per heavy atom. The maximum Gasteiger partial charge on any atom is 0.255 e. The highest BCUT2D eigenvalue weighted by Crippen LogP contribution is 2.30. The Morgan fingerprint density at radius 3 is 2.53 bits per heavy atom. The lowest BCUT2D eigenvalue weighted by Crippen LogP contribution is -2.55. The molecule has 3 atom stereocenters. The summed E-state index contributed by atoms with van der Waals surface area (Å²) in [6.45, 7) is 4.51. The predicted octanol–water partition coefficient (Wildman–Crippen LogP) is 2.35. The van der Waals surface area contributed by atoms with Crippen molar-refractivity contribution in [3.8, 4) is 11.3 Å². The van der Waals surface area contributed by atoms with E-state index in [9.17, 15) is 19.5 Å². The summed E-state index contributed by atoms with van der Waals surface area (Å²) in [5.74, 6) is -0.967. The quantitative estimate of drug-likeness (QED) is 0.502. The molecule has 2 aliphatic rings. The number of benzene rings is 2. The molecule has 3 aromatic rings. The first-order valence-corrected chi connectivity index (χ1v) is 13.0. The largest absolute Gasteiger partial charge is 0.391 e. The van der Waals surface area contributed by atoms with Crippen molar-refractivity contribution in [3.63, 3.8) is 0 Å². The highest BCUT2D eigenvalue weighted by atomic mass is 16.3. The average molecular weight is 516 g/mol. The number of aliphatic hydroxyl groups is 1. The number of amides is 3. The average Bonchev–Trinajstić information content (AvgIpc) is 3.60. The summed E-state index contributed by atoms with van der Waals surface area (Å²) in [6.07, 6.45) is 2.91. The number of imidazole rings is 1. The zero-order valence-corrected chi connectivity index (χ0v) is 21.9. The molecule has 38 heavy (non-hydrogen) atoms. The molecule has 5 rings (SSSR count). The van der Waals surface area contributed by atoms with E-state index in [1.165, 1.54) is 4.90 Å². The zero-order chi connectivity index (χ0) is 27.0. The highest BCUT2D eigenvalue weighted by molar-refractivity contribution is 6.01. The van der Waals surface area contributed by atoms with Crippen molar-refractivity contribution < 1.29 is 19.5 Å². The second-order valence-corrected chi connectivity index (χ2v) is 10.5. The van der Waals surface area contributed by atoms with Crippen LogP contribution in [0.2, 0.25) is 0 Å². The maximum atomic E-state index is 13.8. The van der Waals surface area contributed by atoms with Crippen LogP contribution in [0.4, 0.5) is 0 Å². The Kier molecular flexibility index (Phi) is 7.03. The molecular formula is C29H33N5O4. The van der Waals surface area contributed by atoms with Gasteiger partial charge in [-0.3, -0.25) is 14.4 Å². The fourth-order valence-corrected chi connectivity index (χ4v) is 5.49. The lowest BCUT2D eigenvalue weighted by atomic mass is 10.0. The molecule has 2 aromatic carbocycles. The number of rotatable bonds is 7. The second kappa shape index (κ2) is 10.4. The van der Waals surface area contributed by atoms with Crippen LogP contribution in [0.15, 0.2) is 61.1 Å². The summed E-state index contributed by atoms with van der Waals surface area (Å²) < 4.78 is 1.94. The molecule has 0 spiro atoms. The van der Waals surface area contributed by atoms with Gasteiger partial charge < -0.3 is 24.8 Å². The Morgan fingerprint density at radius 2 is 1.87 bits per heavy atom. The lowest BCUT2D eigenvalue weighted by Gasteiger charge is -2.35. The number of nitrogens with zero attached hydrogens (tertiary/aromatic N) is 4. The zero-order valence-electron chi connectivity index (χ0n) is 21.9. The fourth-order valence-electron chi connectivity index (χ4n) is 5.49. The van der Waals surface area contributed by atoms with Crippen molar-refractivity contribution in [3.05, 3.63) is 77.7 Å². The van der Waals surface area contributed by atoms with Crippen molar-refractivity contribution >= 4 is 17.7 Å². The lowest BCUT2D eigenvalue weighted by molar-refractivity contribution is -0.143. The molecule has 198 valence electrons. The number of carbonyl (C=O) groups is 3. The minimum Gasteiger partial charge on any atom is -0.391 e. The summed E-state index contributed by atoms with van der Waals surface area (Å²) in [6, 6.07) is 13.7. The standard InChI is InChI=1S/C29H33N5O4/c1-18(2)26(34-15-21-6-4-5-7-23(21)28(34)37)29(38)33-16-22(35)12-24(33)27(36)31-13-19-8-10-20(11-9-19)25-14-30-17-32(25)3/h4-11,14,17-18,22,24,26,35H,12-13,15-16H2,1-3H3,(H,31,36)/t22-,24+,26?/m1/s1. The summed E-state index contributed by atoms with van der Waals surface area (Å²) in [7, 11) is 1.93. The van der Waals surface area contributed by atoms with Gasteiger partial charge in [-0.1, -0.05) is 56.3 Å². The first kappa shape index (κ1) is 25.7. The number of likely N-dealkylation sites (tertiary alicyclic amines) is 1. The van der Waals surface area contributed by atoms with E-state index in [0.717, 1.165) is 22.4 Å². The number of aromatic nitrogens is 2. The number of aryl methyl sites for hydroxylation is 1. The van der Waals surface area contributed by atoms with Gasteiger partial charge in [-0.15, -0.1) is 0 Å². The number of hydrogen-bond acceptors (Lipinski definition) is 5. The first-order valence-electron chi connectivity index (χ1n) is 13.0. The van der Waals surface area contributed by atoms with Crippen LogP contribution < -0.4 is 5.32 Å². The molecule has 9 heteroatoms. The van der Waals surface area contributed by atoms with Gasteiger partial charge in [-0.05, 0) is 28.7 Å². The molecule has 1 saturated heterocycles. The first-order chi connectivity index (χ1) is 18.2. The fraction of sp³-hybridized carbons (Fsp3) is 0.379. The number of nitrogens with one attached hydrogen (secondary N) is 1. The number of carbonyl (C=O) groups excluding carboxylic acids is 3. The SMILES string of the molecule is CC(C)C(C(=O)N1C[C@H](O)C[C@H]1C(=O)NCc1ccc(-c2cncn2C)cc1)N1Cc2ccccc2C1=O. The van der Waals surface area contributed by atoms with Crippen molar-refractivity contribution in [1.29, 1.82) is 0 Å². The molecule has 3 heterocycles. The molecule has 2 aliphatic heterocycles. The maximum absolute atomic E-state index is 13.8. The Bertz CT molecular complexity index is 1350. The van der Waals surface area contributed by atoms with E-state index in [1.54, 1.807) is 23.5 Å². The molecule has 1 fully saturated rings. The summed E-state index contributed by atoms with van der Waals surface area (Å²) in [5, 5.41) is 13.3. The Balaban J connectivity index is 1.27. The summed E-state index contributed by atoms with van der Waals surface area (Å²) in [4.78, 5) is 47.4. The van der Waals surface area contributed by atoms with Crippen LogP contribution in [-0.2, 0) is 29.7 Å². The number of fused-ring (bicyclic) bond motifs is 1. The van der Waals surface area contributed by atoms with E-state index in [2.05, 4.69) is 10.3 Å². The van der Waals surface area contributed by atoms with Crippen LogP contribution in [0.5, 0.6) is 0 Å². The van der Waals surface area contributed by atoms with Crippen molar-refractivity contribution in [2.45, 2.75) is 51.5 Å². The molecule has 0 radical (unpaired) electrons. The van der Waals surface area contributed by atoms with Gasteiger partial charge in [0.15, 0.2) is 0 Å². The monoisotopic (exact) mass is 515 g/mol. The molecule has 3 amide bonds. The van der Waals surface area contributed by atoms with E-state index in [1.807, 2.05) is 67.9 Å². The Labute approximate surface area is 222 Å². The van der Waals surface area contributed by atoms with Gasteiger partial charge in [-0.2, -0.15) is 0 Å². The van der Waals surface area contributed by atoms with Gasteiger partial charge in [0.25, 0.3) is 5.91 Å². The van der Waals surface area contributed by atoms with E-state index in [4.69, 9.17) is 0 Å². The summed E-state index contributed by atoms with van der Waals surface area (Å²) in [5.41, 5.74) is 4.43. The third-order valence-electron chi connectivity index (χ3n) is 7.47. The van der Waals surface area contributed by atoms with E-state index >= 15 is 0 Å². The van der Waals surface area contributed by atoms with Crippen molar-refractivity contribution in [1.82, 2.24) is 24.7 Å². The molecule has 2 N–H and O–H groups in total. The number of hydrogen-bond donors (Lipinski definition) is 2. The van der Waals surface area contributed by atoms with Gasteiger partial charge in [0.2, 0.25) is 11.8 Å². The van der Waals surface area contributed by atoms with Crippen LogP contribution in [0.3, 0.4) is 0 Å². The number of aliphatic hydroxyl groups excluding tert-OH is 1. The van der Waals surface area contributed by atoms with Crippen LogP contribution in [0.1, 0.15) is 41.8 Å². The van der Waals surface area contributed by atoms with E-state index in [0.29, 0.717) is 18.7 Å². The number of β-amino-alcohol motifs (C(OH)–C–C–N with tert-alkyl or cyclic N) is 1. The molecule has 0 aliphatic carbocycles. The smallest absolute Gasteiger partial charge is 0.255 e. The molecule has 0 bridgehead atoms. The topological polar surface area (TPSA) is 108 Å². The van der Waals surface area contributed by atoms with E-state index < -0.39 is 18.2 Å². The second-order valence-electron chi connectivity index (χ2n) is 10.5. The summed E-state index contributed by atoms with van der Waals surface area (Å²) >= 11 is 0. The molecule has 0 saturated carbocycles. The van der Waals surface area contributed by atoms with Crippen molar-refractivity contribution in [2.75, 3.05) is 6.54 Å². The molecule has 1 unspecified atom stereocenters. The van der Waals surface area contributed by atoms with Gasteiger partial charge in [0, 0.05) is 38.7 Å². The van der Waals surface area contributed by atoms with Gasteiger partial charge in [0.05, 0.1) is 24.3 Å². The van der Waals surface area contributed by atoms with Crippen LogP contribution in [-0.4, -0.2) is 66.9 Å². The van der Waals surface area contributed by atoms with Gasteiger partial charge in [0.1, 0.15) is 12.1 Å². The predicted molar refractivity (Wildman–Crippen MR) is 142 cm³/mol. The molecule has 1 aromatic heterocycles. The molecular weight excluding hydrogens is 482 g/mol. The normalized spacial score (nSPS) is 19.7. The van der Waals surface area contributed by atoms with Crippen molar-refractivity contribution in [2.24, 2.45) is 13.0 Å². The molecule has 9 nitrogen and oxygen atoms in total. The third kappa shape index (κ3) is 4.81.